The van der Waals surface area contributed by atoms with Gasteiger partial charge >= 0.3 is 0 Å². The van der Waals surface area contributed by atoms with E-state index in [2.05, 4.69) is 13.8 Å². The van der Waals surface area contributed by atoms with Crippen LogP contribution < -0.4 is 5.73 Å². The molecule has 1 nitrogen and oxygen atoms in total. The number of hydrogen-bond acceptors (Lipinski definition) is 2. The lowest BCUT2D eigenvalue weighted by Gasteiger charge is -2.21. The maximum absolute atomic E-state index is 5.79. The number of nitrogens with two attached hydrogens (primary N) is 1. The summed E-state index contributed by atoms with van der Waals surface area (Å²) in [7, 11) is 0. The first-order valence-corrected chi connectivity index (χ1v) is 4.01. The Balaban J connectivity index is 2.54. The van der Waals surface area contributed by atoms with E-state index < -0.39 is 0 Å². The van der Waals surface area contributed by atoms with E-state index in [9.17, 15) is 0 Å². The van der Waals surface area contributed by atoms with Crippen molar-refractivity contribution in [3.8, 4) is 0 Å². The molecule has 0 aromatic heterocycles. The molecule has 1 unspecified atom stereocenters. The summed E-state index contributed by atoms with van der Waals surface area (Å²) < 4.78 is 0.347. The van der Waals surface area contributed by atoms with Gasteiger partial charge in [-0.15, -0.1) is 0 Å². The molecule has 0 aromatic carbocycles. The molecule has 1 rings (SSSR count). The van der Waals surface area contributed by atoms with Crippen LogP contribution in [-0.2, 0) is 0 Å². The largest absolute Gasteiger partial charge is 0.326 e. The predicted octanol–water partition coefficient (Wildman–Crippen LogP) is 1.23. The number of rotatable bonds is 0. The van der Waals surface area contributed by atoms with Crippen molar-refractivity contribution in [2.75, 3.05) is 5.75 Å². The molecule has 0 aliphatic carbocycles. The maximum Gasteiger partial charge on any atom is 0.0254 e. The van der Waals surface area contributed by atoms with Gasteiger partial charge in [-0.1, -0.05) is 0 Å². The van der Waals surface area contributed by atoms with Crippen molar-refractivity contribution in [3.63, 3.8) is 0 Å². The van der Waals surface area contributed by atoms with Crippen LogP contribution in [0.15, 0.2) is 0 Å². The summed E-state index contributed by atoms with van der Waals surface area (Å²) >= 11 is 1.98. The van der Waals surface area contributed by atoms with E-state index in [0.29, 0.717) is 10.8 Å². The average molecular weight is 131 g/mol. The fraction of sp³-hybridized carbons (Fsp3) is 1.00. The third-order valence-electron chi connectivity index (χ3n) is 1.80. The fourth-order valence-electron chi connectivity index (χ4n) is 0.904. The lowest BCUT2D eigenvalue weighted by Crippen LogP contribution is -2.35. The molecule has 0 amide bonds. The summed E-state index contributed by atoms with van der Waals surface area (Å²) in [5.74, 6) is 1.24. The second kappa shape index (κ2) is 1.92. The molecule has 0 bridgehead atoms. The highest BCUT2D eigenvalue weighted by Gasteiger charge is 2.31. The summed E-state index contributed by atoms with van der Waals surface area (Å²) in [4.78, 5) is 0. The van der Waals surface area contributed by atoms with E-state index in [4.69, 9.17) is 5.73 Å². The monoisotopic (exact) mass is 131 g/mol. The Morgan fingerprint density at radius 1 is 1.62 bits per heavy atom. The number of thioether (sulfide) groups is 1. The molecule has 0 saturated carbocycles. The SMILES string of the molecule is CC1(C)SCCC1N. The Hall–Kier alpha value is 0.310. The third kappa shape index (κ3) is 1.00. The van der Waals surface area contributed by atoms with Gasteiger partial charge in [-0.2, -0.15) is 11.8 Å². The van der Waals surface area contributed by atoms with Gasteiger partial charge in [0.1, 0.15) is 0 Å². The highest BCUT2D eigenvalue weighted by molar-refractivity contribution is 8.00. The normalized spacial score (nSPS) is 35.6. The van der Waals surface area contributed by atoms with Gasteiger partial charge in [0.2, 0.25) is 0 Å². The second-order valence-corrected chi connectivity index (χ2v) is 4.60. The smallest absolute Gasteiger partial charge is 0.0254 e. The zero-order valence-electron chi connectivity index (χ0n) is 5.48. The standard InChI is InChI=1S/C6H13NS/c1-6(2)5(7)3-4-8-6/h5H,3-4,7H2,1-2H3. The van der Waals surface area contributed by atoms with Crippen LogP contribution in [0, 0.1) is 0 Å². The molecule has 1 saturated heterocycles. The Morgan fingerprint density at radius 2 is 2.25 bits per heavy atom. The average Bonchev–Trinajstić information content (AvgIpc) is 1.86. The molecule has 1 aliphatic rings. The fourth-order valence-corrected chi connectivity index (χ4v) is 2.13. The molecular weight excluding hydrogens is 118 g/mol. The molecule has 1 heterocycles. The van der Waals surface area contributed by atoms with Crippen LogP contribution in [0.5, 0.6) is 0 Å². The molecule has 1 fully saturated rings. The van der Waals surface area contributed by atoms with Crippen LogP contribution in [0.3, 0.4) is 0 Å². The van der Waals surface area contributed by atoms with Crippen molar-refractivity contribution >= 4 is 11.8 Å². The first-order valence-electron chi connectivity index (χ1n) is 3.02. The van der Waals surface area contributed by atoms with E-state index >= 15 is 0 Å². The minimum Gasteiger partial charge on any atom is -0.326 e. The maximum atomic E-state index is 5.79. The van der Waals surface area contributed by atoms with E-state index in [0.717, 1.165) is 0 Å². The van der Waals surface area contributed by atoms with Gasteiger partial charge in [-0.05, 0) is 26.0 Å². The van der Waals surface area contributed by atoms with Gasteiger partial charge in [-0.3, -0.25) is 0 Å². The topological polar surface area (TPSA) is 26.0 Å². The minimum atomic E-state index is 0.347. The van der Waals surface area contributed by atoms with Crippen molar-refractivity contribution in [3.05, 3.63) is 0 Å². The zero-order chi connectivity index (χ0) is 6.20. The second-order valence-electron chi connectivity index (χ2n) is 2.85. The zero-order valence-corrected chi connectivity index (χ0v) is 6.29. The summed E-state index contributed by atoms with van der Waals surface area (Å²) in [6.07, 6.45) is 1.19. The molecule has 0 spiro atoms. The molecule has 2 N–H and O–H groups in total. The van der Waals surface area contributed by atoms with Crippen molar-refractivity contribution < 1.29 is 0 Å². The quantitative estimate of drug-likeness (QED) is 0.535. The lowest BCUT2D eigenvalue weighted by molar-refractivity contribution is 0.554. The Labute approximate surface area is 55.0 Å². The molecule has 1 aliphatic heterocycles. The van der Waals surface area contributed by atoms with Gasteiger partial charge in [0, 0.05) is 10.8 Å². The predicted molar refractivity (Wildman–Crippen MR) is 39.1 cm³/mol. The van der Waals surface area contributed by atoms with Crippen LogP contribution in [0.2, 0.25) is 0 Å². The van der Waals surface area contributed by atoms with Crippen LogP contribution in [-0.4, -0.2) is 16.5 Å². The lowest BCUT2D eigenvalue weighted by atomic mass is 10.0. The van der Waals surface area contributed by atoms with Crippen molar-refractivity contribution in [1.82, 2.24) is 0 Å². The highest BCUT2D eigenvalue weighted by atomic mass is 32.2. The first-order chi connectivity index (χ1) is 3.63. The summed E-state index contributed by atoms with van der Waals surface area (Å²) in [6.45, 7) is 4.44. The summed E-state index contributed by atoms with van der Waals surface area (Å²) in [6, 6.07) is 0.424. The molecule has 0 radical (unpaired) electrons. The van der Waals surface area contributed by atoms with Crippen molar-refractivity contribution in [1.29, 1.82) is 0 Å². The van der Waals surface area contributed by atoms with Gasteiger partial charge in [0.15, 0.2) is 0 Å². The van der Waals surface area contributed by atoms with Crippen LogP contribution in [0.25, 0.3) is 0 Å². The molecule has 48 valence electrons. The molecular formula is C6H13NS. The van der Waals surface area contributed by atoms with Gasteiger partial charge < -0.3 is 5.73 Å². The van der Waals surface area contributed by atoms with Gasteiger partial charge in [-0.25, -0.2) is 0 Å². The molecule has 2 heteroatoms. The minimum absolute atomic E-state index is 0.347. The molecule has 0 aromatic rings. The molecule has 8 heavy (non-hydrogen) atoms. The third-order valence-corrected chi connectivity index (χ3v) is 3.28. The van der Waals surface area contributed by atoms with Crippen molar-refractivity contribution in [2.24, 2.45) is 5.73 Å². The number of hydrogen-bond donors (Lipinski definition) is 1. The van der Waals surface area contributed by atoms with Crippen molar-refractivity contribution in [2.45, 2.75) is 31.1 Å². The summed E-state index contributed by atoms with van der Waals surface area (Å²) in [5, 5.41) is 0. The molecule has 1 atom stereocenters. The van der Waals surface area contributed by atoms with Gasteiger partial charge in [0.05, 0.1) is 0 Å². The van der Waals surface area contributed by atoms with E-state index in [1.807, 2.05) is 11.8 Å². The Bertz CT molecular complexity index is 90.5. The summed E-state index contributed by atoms with van der Waals surface area (Å²) in [5.41, 5.74) is 5.79. The van der Waals surface area contributed by atoms with E-state index in [1.54, 1.807) is 0 Å². The first kappa shape index (κ1) is 6.43. The highest BCUT2D eigenvalue weighted by Crippen LogP contribution is 2.35. The van der Waals surface area contributed by atoms with Crippen LogP contribution in [0.4, 0.5) is 0 Å². The van der Waals surface area contributed by atoms with Gasteiger partial charge in [0.25, 0.3) is 0 Å². The van der Waals surface area contributed by atoms with E-state index in [-0.39, 0.29) is 0 Å². The van der Waals surface area contributed by atoms with Crippen LogP contribution in [0.1, 0.15) is 20.3 Å². The van der Waals surface area contributed by atoms with E-state index in [1.165, 1.54) is 12.2 Å². The Kier molecular flexibility index (Phi) is 1.54. The Morgan fingerprint density at radius 3 is 2.38 bits per heavy atom. The van der Waals surface area contributed by atoms with Crippen LogP contribution >= 0.6 is 11.8 Å².